The average molecular weight is 263 g/mol. The number of carbonyl (C=O) groups is 1. The van der Waals surface area contributed by atoms with Gasteiger partial charge in [-0.2, -0.15) is 0 Å². The zero-order valence-electron chi connectivity index (χ0n) is 10.8. The van der Waals surface area contributed by atoms with Crippen molar-refractivity contribution in [3.8, 4) is 0 Å². The maximum absolute atomic E-state index is 11.7. The van der Waals surface area contributed by atoms with E-state index in [1.807, 2.05) is 0 Å². The smallest absolute Gasteiger partial charge is 0.272 e. The highest BCUT2D eigenvalue weighted by Crippen LogP contribution is 2.21. The number of carbonyl (C=O) groups excluding carboxylic acids is 1. The fourth-order valence-electron chi connectivity index (χ4n) is 1.84. The predicted octanol–water partition coefficient (Wildman–Crippen LogP) is 1.98. The number of rotatable bonds is 6. The topological polar surface area (TPSA) is 84.3 Å². The Balaban J connectivity index is 1.85. The molecular formula is C13H17N3O3. The SMILES string of the molecule is Cc1cc(NC(=O)CCNC2CC2)ccc1[N+](=O)[O-]. The van der Waals surface area contributed by atoms with Crippen LogP contribution in [0.4, 0.5) is 11.4 Å². The monoisotopic (exact) mass is 263 g/mol. The summed E-state index contributed by atoms with van der Waals surface area (Å²) < 4.78 is 0. The standard InChI is InChI=1S/C13H17N3O3/c1-9-8-11(4-5-12(9)16(18)19)15-13(17)6-7-14-10-2-3-10/h4-5,8,10,14H,2-3,6-7H2,1H3,(H,15,17). The number of hydrogen-bond acceptors (Lipinski definition) is 4. The van der Waals surface area contributed by atoms with E-state index >= 15 is 0 Å². The molecule has 0 radical (unpaired) electrons. The van der Waals surface area contributed by atoms with Crippen LogP contribution in [0.15, 0.2) is 18.2 Å². The van der Waals surface area contributed by atoms with Crippen LogP contribution in [0.3, 0.4) is 0 Å². The Morgan fingerprint density at radius 3 is 2.79 bits per heavy atom. The number of nitrogens with zero attached hydrogens (tertiary/aromatic N) is 1. The molecule has 1 aliphatic carbocycles. The molecule has 1 saturated carbocycles. The Bertz CT molecular complexity index is 498. The first kappa shape index (κ1) is 13.5. The van der Waals surface area contributed by atoms with E-state index in [9.17, 15) is 14.9 Å². The Morgan fingerprint density at radius 1 is 1.47 bits per heavy atom. The number of nitro groups is 1. The minimum Gasteiger partial charge on any atom is -0.326 e. The Hall–Kier alpha value is -1.95. The van der Waals surface area contributed by atoms with E-state index in [4.69, 9.17) is 0 Å². The van der Waals surface area contributed by atoms with Crippen LogP contribution in [-0.2, 0) is 4.79 Å². The van der Waals surface area contributed by atoms with Gasteiger partial charge < -0.3 is 10.6 Å². The van der Waals surface area contributed by atoms with E-state index in [0.29, 0.717) is 30.3 Å². The van der Waals surface area contributed by atoms with Crippen LogP contribution < -0.4 is 10.6 Å². The summed E-state index contributed by atoms with van der Waals surface area (Å²) in [5, 5.41) is 16.7. The summed E-state index contributed by atoms with van der Waals surface area (Å²) in [7, 11) is 0. The van der Waals surface area contributed by atoms with E-state index in [0.717, 1.165) is 0 Å². The highest BCUT2D eigenvalue weighted by Gasteiger charge is 2.20. The predicted molar refractivity (Wildman–Crippen MR) is 72.1 cm³/mol. The molecule has 19 heavy (non-hydrogen) atoms. The molecular weight excluding hydrogens is 246 g/mol. The van der Waals surface area contributed by atoms with Gasteiger partial charge in [0.05, 0.1) is 4.92 Å². The maximum atomic E-state index is 11.7. The van der Waals surface area contributed by atoms with Crippen molar-refractivity contribution in [1.82, 2.24) is 5.32 Å². The van der Waals surface area contributed by atoms with Gasteiger partial charge in [0.25, 0.3) is 5.69 Å². The molecule has 2 N–H and O–H groups in total. The number of anilines is 1. The first-order valence-electron chi connectivity index (χ1n) is 6.34. The second-order valence-corrected chi connectivity index (χ2v) is 4.78. The molecule has 0 spiro atoms. The van der Waals surface area contributed by atoms with Crippen molar-refractivity contribution in [2.24, 2.45) is 0 Å². The van der Waals surface area contributed by atoms with Crippen molar-refractivity contribution in [3.05, 3.63) is 33.9 Å². The van der Waals surface area contributed by atoms with Gasteiger partial charge in [-0.05, 0) is 31.9 Å². The summed E-state index contributed by atoms with van der Waals surface area (Å²) >= 11 is 0. The quantitative estimate of drug-likeness (QED) is 0.607. The molecule has 102 valence electrons. The third kappa shape index (κ3) is 4.03. The van der Waals surface area contributed by atoms with Crippen LogP contribution in [0.1, 0.15) is 24.8 Å². The van der Waals surface area contributed by atoms with Gasteiger partial charge in [0.1, 0.15) is 0 Å². The number of aryl methyl sites for hydroxylation is 1. The molecule has 2 rings (SSSR count). The zero-order valence-corrected chi connectivity index (χ0v) is 10.8. The number of hydrogen-bond donors (Lipinski definition) is 2. The fourth-order valence-corrected chi connectivity index (χ4v) is 1.84. The van der Waals surface area contributed by atoms with E-state index in [1.165, 1.54) is 18.9 Å². The van der Waals surface area contributed by atoms with Crippen LogP contribution in [-0.4, -0.2) is 23.4 Å². The van der Waals surface area contributed by atoms with Crippen molar-refractivity contribution < 1.29 is 9.72 Å². The molecule has 1 aromatic carbocycles. The van der Waals surface area contributed by atoms with Crippen LogP contribution >= 0.6 is 0 Å². The van der Waals surface area contributed by atoms with Crippen molar-refractivity contribution >= 4 is 17.3 Å². The summed E-state index contributed by atoms with van der Waals surface area (Å²) in [4.78, 5) is 21.9. The molecule has 1 aliphatic rings. The van der Waals surface area contributed by atoms with Gasteiger partial charge >= 0.3 is 0 Å². The maximum Gasteiger partial charge on any atom is 0.272 e. The van der Waals surface area contributed by atoms with Gasteiger partial charge in [0.15, 0.2) is 0 Å². The van der Waals surface area contributed by atoms with Crippen LogP contribution in [0, 0.1) is 17.0 Å². The Morgan fingerprint density at radius 2 is 2.21 bits per heavy atom. The summed E-state index contributed by atoms with van der Waals surface area (Å²) in [6, 6.07) is 5.17. The number of nitrogens with one attached hydrogen (secondary N) is 2. The molecule has 1 aromatic rings. The second-order valence-electron chi connectivity index (χ2n) is 4.78. The van der Waals surface area contributed by atoms with Gasteiger partial charge in [0, 0.05) is 36.3 Å². The van der Waals surface area contributed by atoms with E-state index in [1.54, 1.807) is 19.1 Å². The highest BCUT2D eigenvalue weighted by atomic mass is 16.6. The van der Waals surface area contributed by atoms with E-state index in [2.05, 4.69) is 10.6 Å². The molecule has 0 unspecified atom stereocenters. The summed E-state index contributed by atoms with van der Waals surface area (Å²) in [6.45, 7) is 2.32. The van der Waals surface area contributed by atoms with Gasteiger partial charge in [-0.3, -0.25) is 14.9 Å². The molecule has 0 bridgehead atoms. The molecule has 6 heteroatoms. The number of nitro benzene ring substituents is 1. The minimum atomic E-state index is -0.430. The molecule has 6 nitrogen and oxygen atoms in total. The number of benzene rings is 1. The second kappa shape index (κ2) is 5.79. The lowest BCUT2D eigenvalue weighted by atomic mass is 10.2. The van der Waals surface area contributed by atoms with Crippen LogP contribution in [0.5, 0.6) is 0 Å². The highest BCUT2D eigenvalue weighted by molar-refractivity contribution is 5.91. The largest absolute Gasteiger partial charge is 0.326 e. The van der Waals surface area contributed by atoms with Crippen molar-refractivity contribution in [2.75, 3.05) is 11.9 Å². The summed E-state index contributed by atoms with van der Waals surface area (Å²) in [5.41, 5.74) is 1.20. The molecule has 0 aliphatic heterocycles. The zero-order chi connectivity index (χ0) is 13.8. The van der Waals surface area contributed by atoms with Crippen molar-refractivity contribution in [1.29, 1.82) is 0 Å². The van der Waals surface area contributed by atoms with Crippen molar-refractivity contribution in [3.63, 3.8) is 0 Å². The molecule has 0 atom stereocenters. The lowest BCUT2D eigenvalue weighted by molar-refractivity contribution is -0.385. The van der Waals surface area contributed by atoms with Crippen LogP contribution in [0.2, 0.25) is 0 Å². The summed E-state index contributed by atoms with van der Waals surface area (Å²) in [6.07, 6.45) is 2.80. The number of amides is 1. The third-order valence-electron chi connectivity index (χ3n) is 3.04. The molecule has 1 amide bonds. The van der Waals surface area contributed by atoms with Gasteiger partial charge in [-0.1, -0.05) is 0 Å². The summed E-state index contributed by atoms with van der Waals surface area (Å²) in [5.74, 6) is -0.0820. The average Bonchev–Trinajstić information content (AvgIpc) is 3.12. The first-order valence-corrected chi connectivity index (χ1v) is 6.34. The minimum absolute atomic E-state index is 0.0633. The van der Waals surface area contributed by atoms with Gasteiger partial charge in [-0.25, -0.2) is 0 Å². The van der Waals surface area contributed by atoms with Crippen molar-refractivity contribution in [2.45, 2.75) is 32.2 Å². The van der Waals surface area contributed by atoms with Gasteiger partial charge in [0.2, 0.25) is 5.91 Å². The third-order valence-corrected chi connectivity index (χ3v) is 3.04. The molecule has 1 fully saturated rings. The van der Waals surface area contributed by atoms with E-state index in [-0.39, 0.29) is 11.6 Å². The van der Waals surface area contributed by atoms with Gasteiger partial charge in [-0.15, -0.1) is 0 Å². The van der Waals surface area contributed by atoms with E-state index < -0.39 is 4.92 Å². The normalized spacial score (nSPS) is 14.2. The van der Waals surface area contributed by atoms with Crippen LogP contribution in [0.25, 0.3) is 0 Å². The molecule has 0 aromatic heterocycles. The molecule has 0 saturated heterocycles. The Kier molecular flexibility index (Phi) is 4.11. The first-order chi connectivity index (χ1) is 9.06. The lowest BCUT2D eigenvalue weighted by Gasteiger charge is -2.07. The fraction of sp³-hybridized carbons (Fsp3) is 0.462. The lowest BCUT2D eigenvalue weighted by Crippen LogP contribution is -2.23. The Labute approximate surface area is 111 Å². The molecule has 0 heterocycles.